The highest BCUT2D eigenvalue weighted by Crippen LogP contribution is 2.28. The first-order valence-corrected chi connectivity index (χ1v) is 9.76. The fourth-order valence-corrected chi connectivity index (χ4v) is 3.93. The van der Waals surface area contributed by atoms with Crippen molar-refractivity contribution in [3.05, 3.63) is 86.3 Å². The number of rotatable bonds is 4. The van der Waals surface area contributed by atoms with Crippen LogP contribution in [-0.2, 0) is 6.54 Å². The van der Waals surface area contributed by atoms with E-state index < -0.39 is 0 Å². The van der Waals surface area contributed by atoms with Gasteiger partial charge < -0.3 is 4.74 Å². The molecule has 0 atom stereocenters. The van der Waals surface area contributed by atoms with E-state index in [2.05, 4.69) is 0 Å². The monoisotopic (exact) mass is 407 g/mol. The van der Waals surface area contributed by atoms with E-state index in [0.29, 0.717) is 11.6 Å². The van der Waals surface area contributed by atoms with Crippen LogP contribution in [-0.4, -0.2) is 21.5 Å². The summed E-state index contributed by atoms with van der Waals surface area (Å²) >= 11 is 6.36. The van der Waals surface area contributed by atoms with Gasteiger partial charge in [-0.05, 0) is 61.7 Å². The molecule has 0 spiro atoms. The standard InChI is InChI=1S/C23H22ClN3O2/c1-14-11-21(28)26(13-17-7-5-8-18(12-17)29-4)23-22(14)16(3)25-27(23)20-10-6-9-19(24)15(20)2/h5-12H,13H2,1-4H3. The molecule has 0 saturated heterocycles. The van der Waals surface area contributed by atoms with E-state index in [1.165, 1.54) is 0 Å². The first kappa shape index (κ1) is 19.3. The number of methoxy groups -OCH3 is 1. The molecule has 0 aliphatic heterocycles. The highest BCUT2D eigenvalue weighted by molar-refractivity contribution is 6.31. The maximum Gasteiger partial charge on any atom is 0.252 e. The SMILES string of the molecule is COc1cccc(Cn2c(=O)cc(C)c3c(C)nn(-c4cccc(Cl)c4C)c32)c1. The molecule has 148 valence electrons. The van der Waals surface area contributed by atoms with Gasteiger partial charge in [0.15, 0.2) is 0 Å². The molecule has 0 saturated carbocycles. The van der Waals surface area contributed by atoms with Crippen molar-refractivity contribution >= 4 is 22.6 Å². The minimum absolute atomic E-state index is 0.0707. The van der Waals surface area contributed by atoms with Gasteiger partial charge in [-0.3, -0.25) is 9.36 Å². The van der Waals surface area contributed by atoms with E-state index in [9.17, 15) is 4.79 Å². The van der Waals surface area contributed by atoms with E-state index in [1.807, 2.05) is 67.9 Å². The van der Waals surface area contributed by atoms with Crippen molar-refractivity contribution < 1.29 is 4.74 Å². The number of nitrogens with zero attached hydrogens (tertiary/aromatic N) is 3. The lowest BCUT2D eigenvalue weighted by Crippen LogP contribution is -2.23. The third-order valence-electron chi connectivity index (χ3n) is 5.23. The first-order chi connectivity index (χ1) is 13.9. The van der Waals surface area contributed by atoms with E-state index in [4.69, 9.17) is 21.4 Å². The number of hydrogen-bond donors (Lipinski definition) is 0. The fourth-order valence-electron chi connectivity index (χ4n) is 3.77. The minimum Gasteiger partial charge on any atom is -0.497 e. The van der Waals surface area contributed by atoms with E-state index in [1.54, 1.807) is 17.7 Å². The predicted molar refractivity (Wildman–Crippen MR) is 117 cm³/mol. The summed E-state index contributed by atoms with van der Waals surface area (Å²) in [6.45, 7) is 6.29. The molecular weight excluding hydrogens is 386 g/mol. The molecule has 0 aliphatic rings. The smallest absolute Gasteiger partial charge is 0.252 e. The molecule has 4 aromatic rings. The first-order valence-electron chi connectivity index (χ1n) is 9.39. The van der Waals surface area contributed by atoms with Gasteiger partial charge in [0.05, 0.1) is 25.0 Å². The third-order valence-corrected chi connectivity index (χ3v) is 5.64. The molecule has 0 aliphatic carbocycles. The second kappa shape index (κ2) is 7.41. The summed E-state index contributed by atoms with van der Waals surface area (Å²) in [7, 11) is 1.63. The highest BCUT2D eigenvalue weighted by Gasteiger charge is 2.19. The maximum atomic E-state index is 13.0. The number of ether oxygens (including phenoxy) is 1. The van der Waals surface area contributed by atoms with Gasteiger partial charge in [0.2, 0.25) is 0 Å². The second-order valence-electron chi connectivity index (χ2n) is 7.18. The molecular formula is C23H22ClN3O2. The molecule has 2 aromatic carbocycles. The maximum absolute atomic E-state index is 13.0. The Morgan fingerprint density at radius 1 is 1.07 bits per heavy atom. The molecule has 0 unspecified atom stereocenters. The Kier molecular flexibility index (Phi) is 4.92. The van der Waals surface area contributed by atoms with Gasteiger partial charge in [0.1, 0.15) is 11.4 Å². The number of aryl methyl sites for hydroxylation is 2. The molecule has 0 radical (unpaired) electrons. The topological polar surface area (TPSA) is 49.1 Å². The van der Waals surface area contributed by atoms with Crippen LogP contribution in [0, 0.1) is 20.8 Å². The zero-order valence-electron chi connectivity index (χ0n) is 16.9. The minimum atomic E-state index is -0.0707. The molecule has 0 bridgehead atoms. The lowest BCUT2D eigenvalue weighted by Gasteiger charge is -2.14. The van der Waals surface area contributed by atoms with Gasteiger partial charge in [0, 0.05) is 16.5 Å². The predicted octanol–water partition coefficient (Wildman–Crippen LogP) is 4.82. The van der Waals surface area contributed by atoms with Crippen LogP contribution in [0.2, 0.25) is 5.02 Å². The average Bonchev–Trinajstić information content (AvgIpc) is 3.05. The van der Waals surface area contributed by atoms with Gasteiger partial charge >= 0.3 is 0 Å². The Hall–Kier alpha value is -3.05. The molecule has 29 heavy (non-hydrogen) atoms. The second-order valence-corrected chi connectivity index (χ2v) is 7.59. The van der Waals surface area contributed by atoms with Crippen LogP contribution < -0.4 is 10.3 Å². The number of halogens is 1. The van der Waals surface area contributed by atoms with Gasteiger partial charge in [-0.2, -0.15) is 5.10 Å². The van der Waals surface area contributed by atoms with Crippen LogP contribution in [0.3, 0.4) is 0 Å². The van der Waals surface area contributed by atoms with Crippen LogP contribution in [0.1, 0.15) is 22.4 Å². The number of hydrogen-bond acceptors (Lipinski definition) is 3. The lowest BCUT2D eigenvalue weighted by molar-refractivity contribution is 0.414. The fraction of sp³-hybridized carbons (Fsp3) is 0.217. The average molecular weight is 408 g/mol. The van der Waals surface area contributed by atoms with Gasteiger partial charge in [-0.15, -0.1) is 0 Å². The molecule has 0 N–H and O–H groups in total. The van der Waals surface area contributed by atoms with Gasteiger partial charge in [-0.25, -0.2) is 4.68 Å². The Labute approximate surface area is 174 Å². The lowest BCUT2D eigenvalue weighted by atomic mass is 10.1. The molecule has 2 aromatic heterocycles. The summed E-state index contributed by atoms with van der Waals surface area (Å²) in [5.41, 5.74) is 5.23. The van der Waals surface area contributed by atoms with Crippen molar-refractivity contribution in [2.75, 3.05) is 7.11 Å². The normalized spacial score (nSPS) is 11.2. The van der Waals surface area contributed by atoms with Crippen molar-refractivity contribution in [2.24, 2.45) is 0 Å². The molecule has 0 fully saturated rings. The zero-order valence-corrected chi connectivity index (χ0v) is 17.6. The molecule has 2 heterocycles. The number of fused-ring (bicyclic) bond motifs is 1. The Morgan fingerprint density at radius 2 is 1.83 bits per heavy atom. The van der Waals surface area contributed by atoms with Crippen LogP contribution >= 0.6 is 11.6 Å². The van der Waals surface area contributed by atoms with E-state index in [0.717, 1.165) is 44.9 Å². The highest BCUT2D eigenvalue weighted by atomic mass is 35.5. The van der Waals surface area contributed by atoms with Crippen LogP contribution in [0.4, 0.5) is 0 Å². The summed E-state index contributed by atoms with van der Waals surface area (Å²) in [5, 5.41) is 6.42. The van der Waals surface area contributed by atoms with Crippen molar-refractivity contribution in [3.8, 4) is 11.4 Å². The Bertz CT molecular complexity index is 1290. The van der Waals surface area contributed by atoms with Crippen molar-refractivity contribution in [3.63, 3.8) is 0 Å². The molecule has 0 amide bonds. The van der Waals surface area contributed by atoms with Crippen LogP contribution in [0.15, 0.2) is 53.3 Å². The summed E-state index contributed by atoms with van der Waals surface area (Å²) in [6, 6.07) is 15.1. The number of aromatic nitrogens is 3. The zero-order chi connectivity index (χ0) is 20.7. The molecule has 4 rings (SSSR count). The summed E-state index contributed by atoms with van der Waals surface area (Å²) in [5.74, 6) is 0.759. The van der Waals surface area contributed by atoms with Crippen molar-refractivity contribution in [1.29, 1.82) is 0 Å². The summed E-state index contributed by atoms with van der Waals surface area (Å²) < 4.78 is 8.93. The quantitative estimate of drug-likeness (QED) is 0.487. The number of benzene rings is 2. The summed E-state index contributed by atoms with van der Waals surface area (Å²) in [4.78, 5) is 13.0. The van der Waals surface area contributed by atoms with Crippen LogP contribution in [0.5, 0.6) is 5.75 Å². The van der Waals surface area contributed by atoms with E-state index in [-0.39, 0.29) is 5.56 Å². The van der Waals surface area contributed by atoms with Gasteiger partial charge in [-0.1, -0.05) is 29.8 Å². The van der Waals surface area contributed by atoms with Crippen molar-refractivity contribution in [1.82, 2.24) is 14.3 Å². The van der Waals surface area contributed by atoms with Crippen molar-refractivity contribution in [2.45, 2.75) is 27.3 Å². The number of pyridine rings is 1. The summed E-state index contributed by atoms with van der Waals surface area (Å²) in [6.07, 6.45) is 0. The largest absolute Gasteiger partial charge is 0.497 e. The third kappa shape index (κ3) is 3.32. The molecule has 5 nitrogen and oxygen atoms in total. The van der Waals surface area contributed by atoms with Crippen LogP contribution in [0.25, 0.3) is 16.7 Å². The molecule has 6 heteroatoms. The van der Waals surface area contributed by atoms with Gasteiger partial charge in [0.25, 0.3) is 5.56 Å². The van der Waals surface area contributed by atoms with E-state index >= 15 is 0 Å². The Balaban J connectivity index is 2.02. The Morgan fingerprint density at radius 3 is 2.59 bits per heavy atom.